The Balaban J connectivity index is 2.50. The highest BCUT2D eigenvalue weighted by molar-refractivity contribution is 5.91. The zero-order valence-electron chi connectivity index (χ0n) is 18.0. The van der Waals surface area contributed by atoms with E-state index in [9.17, 15) is 19.2 Å². The largest absolute Gasteiger partial charge is 0.464 e. The number of unbranched alkanes of at least 4 members (excludes halogenated alkanes) is 1. The maximum atomic E-state index is 12.5. The van der Waals surface area contributed by atoms with Crippen molar-refractivity contribution in [3.63, 3.8) is 0 Å². The molecule has 0 heterocycles. The highest BCUT2D eigenvalue weighted by atomic mass is 16.5. The third-order valence-corrected chi connectivity index (χ3v) is 4.20. The molecule has 172 valence electrons. The van der Waals surface area contributed by atoms with Gasteiger partial charge in [-0.25, -0.2) is 9.59 Å². The lowest BCUT2D eigenvalue weighted by Gasteiger charge is -2.21. The number of rotatable bonds is 13. The summed E-state index contributed by atoms with van der Waals surface area (Å²) in [6, 6.07) is 7.38. The lowest BCUT2D eigenvalue weighted by Crippen LogP contribution is -2.52. The van der Waals surface area contributed by atoms with Crippen LogP contribution in [-0.4, -0.2) is 55.7 Å². The van der Waals surface area contributed by atoms with Crippen LogP contribution in [0.25, 0.3) is 0 Å². The van der Waals surface area contributed by atoms with E-state index in [2.05, 4.69) is 16.0 Å². The molecule has 0 aromatic heterocycles. The third-order valence-electron chi connectivity index (χ3n) is 4.20. The van der Waals surface area contributed by atoms with Crippen molar-refractivity contribution >= 4 is 23.9 Å². The maximum absolute atomic E-state index is 12.5. The number of hydrogen-bond donors (Lipinski definition) is 4. The molecule has 0 aliphatic rings. The van der Waals surface area contributed by atoms with Gasteiger partial charge in [-0.1, -0.05) is 30.3 Å². The number of carbonyl (C=O) groups is 4. The Morgan fingerprint density at radius 1 is 1.03 bits per heavy atom. The minimum absolute atomic E-state index is 0.0736. The number of amides is 3. The number of carbonyl (C=O) groups excluding carboxylic acids is 4. The van der Waals surface area contributed by atoms with Gasteiger partial charge in [0.1, 0.15) is 25.2 Å². The predicted molar refractivity (Wildman–Crippen MR) is 114 cm³/mol. The smallest absolute Gasteiger partial charge is 0.407 e. The summed E-state index contributed by atoms with van der Waals surface area (Å²) >= 11 is 0. The van der Waals surface area contributed by atoms with Crippen molar-refractivity contribution in [1.82, 2.24) is 16.0 Å². The topological polar surface area (TPSA) is 149 Å². The average Bonchev–Trinajstić information content (AvgIpc) is 2.76. The van der Waals surface area contributed by atoms with Crippen molar-refractivity contribution in [3.05, 3.63) is 35.9 Å². The van der Waals surface area contributed by atoms with Crippen LogP contribution in [0.3, 0.4) is 0 Å². The molecule has 0 aliphatic heterocycles. The van der Waals surface area contributed by atoms with Gasteiger partial charge in [0.15, 0.2) is 0 Å². The van der Waals surface area contributed by atoms with Gasteiger partial charge in [0.05, 0.1) is 6.61 Å². The Morgan fingerprint density at radius 3 is 2.39 bits per heavy atom. The van der Waals surface area contributed by atoms with Crippen molar-refractivity contribution in [2.45, 2.75) is 51.8 Å². The summed E-state index contributed by atoms with van der Waals surface area (Å²) in [5, 5.41) is 7.44. The molecule has 0 radical (unpaired) electrons. The van der Waals surface area contributed by atoms with E-state index in [1.807, 2.05) is 30.3 Å². The Bertz CT molecular complexity index is 713. The minimum Gasteiger partial charge on any atom is -0.464 e. The number of alkyl carbamates (subject to hydrolysis) is 1. The zero-order valence-corrected chi connectivity index (χ0v) is 18.0. The van der Waals surface area contributed by atoms with Crippen LogP contribution in [-0.2, 0) is 30.5 Å². The average molecular weight is 437 g/mol. The molecule has 0 fully saturated rings. The van der Waals surface area contributed by atoms with Gasteiger partial charge in [0.25, 0.3) is 0 Å². The summed E-state index contributed by atoms with van der Waals surface area (Å²) in [5.41, 5.74) is 6.30. The van der Waals surface area contributed by atoms with Gasteiger partial charge in [-0.15, -0.1) is 0 Å². The zero-order chi connectivity index (χ0) is 23.1. The second-order valence-electron chi connectivity index (χ2n) is 6.80. The van der Waals surface area contributed by atoms with E-state index in [-0.39, 0.29) is 19.8 Å². The van der Waals surface area contributed by atoms with Crippen LogP contribution in [0.15, 0.2) is 30.3 Å². The monoisotopic (exact) mass is 436 g/mol. The maximum Gasteiger partial charge on any atom is 0.407 e. The molecule has 3 amide bonds. The van der Waals surface area contributed by atoms with Gasteiger partial charge >= 0.3 is 12.1 Å². The Kier molecular flexibility index (Phi) is 12.3. The Hall–Kier alpha value is -3.14. The van der Waals surface area contributed by atoms with Crippen LogP contribution in [0.4, 0.5) is 4.79 Å². The fourth-order valence-corrected chi connectivity index (χ4v) is 2.57. The second kappa shape index (κ2) is 14.8. The van der Waals surface area contributed by atoms with Crippen molar-refractivity contribution in [2.24, 2.45) is 5.73 Å². The Morgan fingerprint density at radius 2 is 1.74 bits per heavy atom. The number of nitrogens with one attached hydrogen (secondary N) is 3. The van der Waals surface area contributed by atoms with Gasteiger partial charge in [0, 0.05) is 0 Å². The predicted octanol–water partition coefficient (Wildman–Crippen LogP) is 0.594. The van der Waals surface area contributed by atoms with E-state index in [1.54, 1.807) is 6.92 Å². The van der Waals surface area contributed by atoms with Crippen molar-refractivity contribution < 1.29 is 28.7 Å². The first kappa shape index (κ1) is 25.9. The van der Waals surface area contributed by atoms with Crippen molar-refractivity contribution in [3.8, 4) is 0 Å². The van der Waals surface area contributed by atoms with Crippen LogP contribution in [0.5, 0.6) is 0 Å². The summed E-state index contributed by atoms with van der Waals surface area (Å²) < 4.78 is 9.90. The molecule has 10 heteroatoms. The van der Waals surface area contributed by atoms with Gasteiger partial charge in [-0.3, -0.25) is 9.59 Å². The molecule has 0 aliphatic carbocycles. The van der Waals surface area contributed by atoms with Crippen LogP contribution >= 0.6 is 0 Å². The number of benzene rings is 1. The summed E-state index contributed by atoms with van der Waals surface area (Å²) in [4.78, 5) is 48.2. The molecular weight excluding hydrogens is 404 g/mol. The quantitative estimate of drug-likeness (QED) is 0.261. The van der Waals surface area contributed by atoms with E-state index in [0.717, 1.165) is 5.56 Å². The van der Waals surface area contributed by atoms with E-state index >= 15 is 0 Å². The summed E-state index contributed by atoms with van der Waals surface area (Å²) in [6.45, 7) is 3.53. The molecule has 0 saturated heterocycles. The number of esters is 1. The third kappa shape index (κ3) is 11.0. The van der Waals surface area contributed by atoms with Crippen LogP contribution in [0.1, 0.15) is 38.7 Å². The molecule has 1 aromatic rings. The minimum atomic E-state index is -0.877. The molecule has 0 unspecified atom stereocenters. The van der Waals surface area contributed by atoms with E-state index in [0.29, 0.717) is 25.8 Å². The molecule has 1 aromatic carbocycles. The highest BCUT2D eigenvalue weighted by Gasteiger charge is 2.24. The molecule has 1 rings (SSSR count). The molecule has 2 atom stereocenters. The summed E-state index contributed by atoms with van der Waals surface area (Å²) in [7, 11) is 0. The van der Waals surface area contributed by atoms with Crippen molar-refractivity contribution in [1.29, 1.82) is 0 Å². The summed E-state index contributed by atoms with van der Waals surface area (Å²) in [5.74, 6) is -1.64. The first-order chi connectivity index (χ1) is 14.9. The van der Waals surface area contributed by atoms with Gasteiger partial charge in [-0.05, 0) is 45.2 Å². The normalized spacial score (nSPS) is 12.2. The standard InChI is InChI=1S/C21H32N4O6/c1-3-30-20(28)15(2)24-19(27)17(11-7-8-12-22)25-18(26)13-23-21(29)31-14-16-9-5-4-6-10-16/h4-6,9-10,15,17H,3,7-8,11-14,22H2,1-2H3,(H,23,29)(H,24,27)(H,25,26)/t15-,17-/m0/s1. The molecule has 5 N–H and O–H groups in total. The molecule has 0 spiro atoms. The number of ether oxygens (including phenoxy) is 2. The summed E-state index contributed by atoms with van der Waals surface area (Å²) in [6.07, 6.45) is 0.869. The Labute approximate surface area is 182 Å². The lowest BCUT2D eigenvalue weighted by molar-refractivity contribution is -0.147. The number of nitrogens with two attached hydrogens (primary N) is 1. The lowest BCUT2D eigenvalue weighted by atomic mass is 10.1. The molecule has 10 nitrogen and oxygen atoms in total. The van der Waals surface area contributed by atoms with Gasteiger partial charge < -0.3 is 31.2 Å². The fourth-order valence-electron chi connectivity index (χ4n) is 2.57. The number of hydrogen-bond acceptors (Lipinski definition) is 7. The fraction of sp³-hybridized carbons (Fsp3) is 0.524. The van der Waals surface area contributed by atoms with Crippen molar-refractivity contribution in [2.75, 3.05) is 19.7 Å². The molecule has 31 heavy (non-hydrogen) atoms. The van der Waals surface area contributed by atoms with Gasteiger partial charge in [-0.2, -0.15) is 0 Å². The van der Waals surface area contributed by atoms with E-state index in [4.69, 9.17) is 15.2 Å². The first-order valence-electron chi connectivity index (χ1n) is 10.3. The second-order valence-corrected chi connectivity index (χ2v) is 6.80. The molecule has 0 bridgehead atoms. The SMILES string of the molecule is CCOC(=O)[C@H](C)NC(=O)[C@H](CCCCN)NC(=O)CNC(=O)OCc1ccccc1. The molecule has 0 saturated carbocycles. The van der Waals surface area contributed by atoms with E-state index in [1.165, 1.54) is 6.92 Å². The van der Waals surface area contributed by atoms with E-state index < -0.39 is 36.0 Å². The molecular formula is C21H32N4O6. The highest BCUT2D eigenvalue weighted by Crippen LogP contribution is 2.03. The first-order valence-corrected chi connectivity index (χ1v) is 10.3. The van der Waals surface area contributed by atoms with Crippen LogP contribution in [0.2, 0.25) is 0 Å². The van der Waals surface area contributed by atoms with Gasteiger partial charge in [0.2, 0.25) is 11.8 Å². The van der Waals surface area contributed by atoms with Crippen LogP contribution < -0.4 is 21.7 Å². The van der Waals surface area contributed by atoms with Crippen LogP contribution in [0, 0.1) is 0 Å².